The number of alkyl halides is 6. The number of anilines is 1. The number of hydrogen-bond donors (Lipinski definition) is 3. The fraction of sp³-hybridized carbons (Fsp3) is 0.435. The van der Waals surface area contributed by atoms with Crippen molar-refractivity contribution in [1.82, 2.24) is 10.6 Å². The van der Waals surface area contributed by atoms with Crippen molar-refractivity contribution in [3.63, 3.8) is 0 Å². The van der Waals surface area contributed by atoms with Gasteiger partial charge in [-0.1, -0.05) is 12.1 Å². The molecule has 0 saturated heterocycles. The first-order valence-corrected chi connectivity index (χ1v) is 11.8. The zero-order valence-electron chi connectivity index (χ0n) is 18.6. The largest absolute Gasteiger partial charge is 0.430 e. The van der Waals surface area contributed by atoms with Crippen LogP contribution in [0.3, 0.4) is 0 Å². The fourth-order valence-corrected chi connectivity index (χ4v) is 5.03. The Hall–Kier alpha value is -2.67. The van der Waals surface area contributed by atoms with Crippen molar-refractivity contribution in [3.8, 4) is 0 Å². The molecule has 0 bridgehead atoms. The monoisotopic (exact) mass is 537 g/mol. The molecule has 2 aliphatic rings. The van der Waals surface area contributed by atoms with Crippen LogP contribution in [0.25, 0.3) is 0 Å². The van der Waals surface area contributed by atoms with Crippen molar-refractivity contribution >= 4 is 23.7 Å². The average molecular weight is 538 g/mol. The Labute approximate surface area is 206 Å². The van der Waals surface area contributed by atoms with Crippen LogP contribution in [0, 0.1) is 5.82 Å². The molecule has 0 spiro atoms. The Balaban J connectivity index is 1.65. The van der Waals surface area contributed by atoms with E-state index in [0.29, 0.717) is 23.1 Å². The van der Waals surface area contributed by atoms with Crippen molar-refractivity contribution < 1.29 is 40.6 Å². The number of aryl methyl sites for hydroxylation is 1. The molecule has 3 N–H and O–H groups in total. The van der Waals surface area contributed by atoms with Gasteiger partial charge in [-0.25, -0.2) is 9.18 Å². The molecule has 1 aliphatic carbocycles. The Morgan fingerprint density at radius 1 is 1.00 bits per heavy atom. The van der Waals surface area contributed by atoms with Gasteiger partial charge in [-0.05, 0) is 73.5 Å². The predicted molar refractivity (Wildman–Crippen MR) is 119 cm³/mol. The van der Waals surface area contributed by atoms with E-state index in [-0.39, 0.29) is 36.6 Å². The van der Waals surface area contributed by atoms with Crippen molar-refractivity contribution in [1.29, 1.82) is 0 Å². The fourth-order valence-electron chi connectivity index (χ4n) is 3.94. The number of carbonyl (C=O) groups excluding carboxylic acids is 1. The molecule has 1 aliphatic heterocycles. The topological polar surface area (TPSA) is 64.6 Å². The summed E-state index contributed by atoms with van der Waals surface area (Å²) in [5.74, 6) is -0.475. The second-order valence-corrected chi connectivity index (χ2v) is 9.79. The number of fused-ring (bicyclic) bond motifs is 1. The van der Waals surface area contributed by atoms with Crippen LogP contribution in [0.2, 0.25) is 0 Å². The summed E-state index contributed by atoms with van der Waals surface area (Å²) >= 11 is 1.11. The highest BCUT2D eigenvalue weighted by Crippen LogP contribution is 2.51. The van der Waals surface area contributed by atoms with Gasteiger partial charge in [0, 0.05) is 23.0 Å². The highest BCUT2D eigenvalue weighted by atomic mass is 32.2. The van der Waals surface area contributed by atoms with Crippen molar-refractivity contribution in [3.05, 3.63) is 59.4 Å². The highest BCUT2D eigenvalue weighted by molar-refractivity contribution is 8.00. The zero-order valence-corrected chi connectivity index (χ0v) is 19.4. The molecule has 0 aromatic heterocycles. The lowest BCUT2D eigenvalue weighted by atomic mass is 9.88. The summed E-state index contributed by atoms with van der Waals surface area (Å²) in [6, 6.07) is 7.22. The van der Waals surface area contributed by atoms with E-state index in [1.165, 1.54) is 24.3 Å². The van der Waals surface area contributed by atoms with Crippen molar-refractivity contribution in [2.75, 3.05) is 10.8 Å². The third kappa shape index (κ3) is 5.36. The molecule has 2 aromatic carbocycles. The maximum atomic E-state index is 13.4. The molecule has 0 radical (unpaired) electrons. The summed E-state index contributed by atoms with van der Waals surface area (Å²) in [5.41, 5.74) is -5.84. The number of rotatable bonds is 6. The number of nitrogens with zero attached hydrogens (tertiary/aromatic N) is 1. The van der Waals surface area contributed by atoms with Gasteiger partial charge in [-0.3, -0.25) is 0 Å². The molecule has 5 nitrogen and oxygen atoms in total. The standard InChI is InChI=1S/C23H22F7N3O2S/c24-15-3-8-18(9-4-15)36-33-17(12-31-20(34)32-16-5-6-16)7-1-13-11-14(2-10-19(13)33)21(35,22(25,26)27)23(28,29)30/h2-4,8-11,16-17,35H,1,5-7,12H2,(H2,31,32,34). The van der Waals surface area contributed by atoms with Crippen LogP contribution >= 0.6 is 11.9 Å². The SMILES string of the molecule is O=C(NCC1CCc2cc(C(O)(C(F)(F)F)C(F)(F)F)ccc2N1Sc1ccc(F)cc1)NC1CC1. The van der Waals surface area contributed by atoms with Gasteiger partial charge >= 0.3 is 18.4 Å². The molecule has 1 atom stereocenters. The molecule has 1 heterocycles. The summed E-state index contributed by atoms with van der Waals surface area (Å²) in [5, 5.41) is 15.3. The van der Waals surface area contributed by atoms with Crippen LogP contribution < -0.4 is 14.9 Å². The van der Waals surface area contributed by atoms with Gasteiger partial charge in [0.15, 0.2) is 0 Å². The van der Waals surface area contributed by atoms with E-state index in [9.17, 15) is 40.6 Å². The number of amides is 2. The zero-order chi connectivity index (χ0) is 26.3. The lowest BCUT2D eigenvalue weighted by molar-refractivity contribution is -0.376. The lowest BCUT2D eigenvalue weighted by Crippen LogP contribution is -2.54. The van der Waals surface area contributed by atoms with Gasteiger partial charge in [0.1, 0.15) is 5.82 Å². The minimum atomic E-state index is -5.99. The first-order valence-electron chi connectivity index (χ1n) is 11.1. The minimum Gasteiger partial charge on any atom is -0.369 e. The summed E-state index contributed by atoms with van der Waals surface area (Å²) in [6.07, 6.45) is -9.78. The van der Waals surface area contributed by atoms with Gasteiger partial charge in [0.2, 0.25) is 0 Å². The molecule has 1 fully saturated rings. The Morgan fingerprint density at radius 3 is 2.22 bits per heavy atom. The van der Waals surface area contributed by atoms with Gasteiger partial charge in [-0.2, -0.15) is 26.3 Å². The minimum absolute atomic E-state index is 0.117. The molecule has 1 saturated carbocycles. The molecular formula is C23H22F7N3O2S. The van der Waals surface area contributed by atoms with Crippen LogP contribution in [0.4, 0.5) is 41.2 Å². The Morgan fingerprint density at radius 2 is 1.64 bits per heavy atom. The second kappa shape index (κ2) is 9.66. The van der Waals surface area contributed by atoms with Gasteiger partial charge in [0.25, 0.3) is 5.60 Å². The van der Waals surface area contributed by atoms with E-state index in [0.717, 1.165) is 36.9 Å². The van der Waals surface area contributed by atoms with Crippen LogP contribution in [0.1, 0.15) is 30.4 Å². The number of nitrogens with one attached hydrogen (secondary N) is 2. The quantitative estimate of drug-likeness (QED) is 0.340. The van der Waals surface area contributed by atoms with Crippen LogP contribution in [-0.4, -0.2) is 42.1 Å². The van der Waals surface area contributed by atoms with Crippen LogP contribution in [0.15, 0.2) is 47.4 Å². The number of carbonyl (C=O) groups is 1. The molecule has 2 aromatic rings. The molecule has 196 valence electrons. The highest BCUT2D eigenvalue weighted by Gasteiger charge is 2.71. The first kappa shape index (κ1) is 26.4. The first-order chi connectivity index (χ1) is 16.8. The average Bonchev–Trinajstić information content (AvgIpc) is 3.61. The molecule has 13 heteroatoms. The summed E-state index contributed by atoms with van der Waals surface area (Å²) in [6.45, 7) is 0.156. The molecular weight excluding hydrogens is 515 g/mol. The lowest BCUT2D eigenvalue weighted by Gasteiger charge is -2.39. The summed E-state index contributed by atoms with van der Waals surface area (Å²) in [4.78, 5) is 12.7. The molecule has 1 unspecified atom stereocenters. The van der Waals surface area contributed by atoms with E-state index in [1.54, 1.807) is 4.31 Å². The summed E-state index contributed by atoms with van der Waals surface area (Å²) < 4.78 is 95.4. The third-order valence-corrected chi connectivity index (χ3v) is 7.24. The predicted octanol–water partition coefficient (Wildman–Crippen LogP) is 5.43. The number of hydrogen-bond acceptors (Lipinski definition) is 4. The molecule has 36 heavy (non-hydrogen) atoms. The van der Waals surface area contributed by atoms with Crippen LogP contribution in [-0.2, 0) is 12.0 Å². The number of halogens is 7. The van der Waals surface area contributed by atoms with Crippen LogP contribution in [0.5, 0.6) is 0 Å². The van der Waals surface area contributed by atoms with Gasteiger partial charge < -0.3 is 20.0 Å². The second-order valence-electron chi connectivity index (χ2n) is 8.74. The maximum absolute atomic E-state index is 13.4. The molecule has 2 amide bonds. The molecule has 4 rings (SSSR count). The third-order valence-electron chi connectivity index (χ3n) is 6.06. The number of benzene rings is 2. The van der Waals surface area contributed by atoms with Gasteiger partial charge in [0.05, 0.1) is 11.7 Å². The normalized spacial score (nSPS) is 18.6. The van der Waals surface area contributed by atoms with Crippen molar-refractivity contribution in [2.45, 2.75) is 60.6 Å². The maximum Gasteiger partial charge on any atom is 0.430 e. The van der Waals surface area contributed by atoms with E-state index < -0.39 is 29.3 Å². The van der Waals surface area contributed by atoms with E-state index in [1.807, 2.05) is 0 Å². The summed E-state index contributed by atoms with van der Waals surface area (Å²) in [7, 11) is 0. The van der Waals surface area contributed by atoms with E-state index >= 15 is 0 Å². The number of urea groups is 1. The van der Waals surface area contributed by atoms with E-state index in [2.05, 4.69) is 10.6 Å². The Kier molecular flexibility index (Phi) is 7.08. The van der Waals surface area contributed by atoms with Crippen molar-refractivity contribution in [2.24, 2.45) is 0 Å². The van der Waals surface area contributed by atoms with E-state index in [4.69, 9.17) is 0 Å². The number of aliphatic hydroxyl groups is 1. The Bertz CT molecular complexity index is 1090. The van der Waals surface area contributed by atoms with Gasteiger partial charge in [-0.15, -0.1) is 0 Å². The smallest absolute Gasteiger partial charge is 0.369 e.